The highest BCUT2D eigenvalue weighted by molar-refractivity contribution is 5.93. The molecule has 150 valence electrons. The van der Waals surface area contributed by atoms with Crippen LogP contribution in [-0.4, -0.2) is 26.2 Å². The summed E-state index contributed by atoms with van der Waals surface area (Å²) < 4.78 is 10.6. The lowest BCUT2D eigenvalue weighted by molar-refractivity contribution is -0.704. The van der Waals surface area contributed by atoms with Crippen molar-refractivity contribution in [2.75, 3.05) is 19.5 Å². The predicted octanol–water partition coefficient (Wildman–Crippen LogP) is 3.38. The van der Waals surface area contributed by atoms with Crippen LogP contribution in [0.2, 0.25) is 0 Å². The largest absolute Gasteiger partial charge is 0.493 e. The average molecular weight is 391 g/mol. The molecule has 3 aromatic rings. The van der Waals surface area contributed by atoms with Gasteiger partial charge in [-0.2, -0.15) is 0 Å². The third-order valence-electron chi connectivity index (χ3n) is 4.86. The number of nitrogens with one attached hydrogen (secondary N) is 1. The fraction of sp³-hybridized carbons (Fsp3) is 0.208. The maximum atomic E-state index is 12.9. The lowest BCUT2D eigenvalue weighted by atomic mass is 9.98. The van der Waals surface area contributed by atoms with Gasteiger partial charge in [-0.15, -0.1) is 0 Å². The number of methoxy groups -OCH3 is 2. The third-order valence-corrected chi connectivity index (χ3v) is 4.86. The Balaban J connectivity index is 1.76. The standard InChI is InChI=1S/C24H26N2O3/c1-17(24(27)26-20-14-15-21(28-2)22(16-20)29-3)25-23(18-10-6-4-7-11-18)19-12-8-5-9-13-19/h4-17,23,25H,1-3H3,(H,26,27)/p+1/t17-/m1/s1. The molecule has 0 heterocycles. The number of nitrogens with two attached hydrogens (primary N) is 1. The SMILES string of the molecule is COc1ccc(NC(=O)[C@@H](C)[NH2+]C(c2ccccc2)c2ccccc2)cc1OC. The Kier molecular flexibility index (Phi) is 6.87. The molecule has 0 spiro atoms. The molecule has 0 fully saturated rings. The Labute approximate surface area is 171 Å². The molecule has 3 rings (SSSR count). The van der Waals surface area contributed by atoms with E-state index in [-0.39, 0.29) is 18.0 Å². The molecule has 5 heteroatoms. The van der Waals surface area contributed by atoms with Gasteiger partial charge >= 0.3 is 0 Å². The van der Waals surface area contributed by atoms with Crippen molar-refractivity contribution in [1.82, 2.24) is 0 Å². The number of anilines is 1. The summed E-state index contributed by atoms with van der Waals surface area (Å²) in [4.78, 5) is 12.9. The minimum absolute atomic E-state index is 0.0311. The van der Waals surface area contributed by atoms with E-state index in [0.29, 0.717) is 17.2 Å². The smallest absolute Gasteiger partial charge is 0.282 e. The summed E-state index contributed by atoms with van der Waals surface area (Å²) in [6.07, 6.45) is 0. The number of rotatable bonds is 8. The summed E-state index contributed by atoms with van der Waals surface area (Å²) in [5, 5.41) is 5.05. The van der Waals surface area contributed by atoms with Crippen molar-refractivity contribution in [2.24, 2.45) is 0 Å². The van der Waals surface area contributed by atoms with E-state index in [1.54, 1.807) is 32.4 Å². The van der Waals surface area contributed by atoms with Crippen LogP contribution in [0.1, 0.15) is 24.1 Å². The molecule has 0 aromatic heterocycles. The van der Waals surface area contributed by atoms with E-state index >= 15 is 0 Å². The topological polar surface area (TPSA) is 64.2 Å². The van der Waals surface area contributed by atoms with Crippen molar-refractivity contribution in [3.8, 4) is 11.5 Å². The second kappa shape index (κ2) is 9.75. The fourth-order valence-corrected chi connectivity index (χ4v) is 3.28. The third kappa shape index (κ3) is 5.15. The van der Waals surface area contributed by atoms with Gasteiger partial charge in [-0.25, -0.2) is 0 Å². The first kappa shape index (κ1) is 20.4. The molecule has 0 unspecified atom stereocenters. The van der Waals surface area contributed by atoms with Crippen molar-refractivity contribution in [1.29, 1.82) is 0 Å². The number of carbonyl (C=O) groups is 1. The second-order valence-electron chi connectivity index (χ2n) is 6.84. The number of benzene rings is 3. The van der Waals surface area contributed by atoms with E-state index in [1.807, 2.05) is 43.3 Å². The minimum Gasteiger partial charge on any atom is -0.493 e. The molecule has 0 aliphatic rings. The predicted molar refractivity (Wildman–Crippen MR) is 114 cm³/mol. The molecular formula is C24H27N2O3+. The lowest BCUT2D eigenvalue weighted by Crippen LogP contribution is -2.92. The summed E-state index contributed by atoms with van der Waals surface area (Å²) >= 11 is 0. The molecule has 3 aromatic carbocycles. The van der Waals surface area contributed by atoms with Gasteiger partial charge in [0.2, 0.25) is 0 Å². The van der Waals surface area contributed by atoms with Crippen LogP contribution in [0.4, 0.5) is 5.69 Å². The molecular weight excluding hydrogens is 364 g/mol. The molecule has 0 aliphatic heterocycles. The molecule has 0 aliphatic carbocycles. The Morgan fingerprint density at radius 1 is 0.828 bits per heavy atom. The summed E-state index contributed by atoms with van der Waals surface area (Å²) in [7, 11) is 3.16. The van der Waals surface area contributed by atoms with E-state index in [9.17, 15) is 4.79 Å². The highest BCUT2D eigenvalue weighted by Gasteiger charge is 2.25. The van der Waals surface area contributed by atoms with Gasteiger partial charge in [0.15, 0.2) is 17.5 Å². The van der Waals surface area contributed by atoms with Crippen molar-refractivity contribution in [3.63, 3.8) is 0 Å². The van der Waals surface area contributed by atoms with Gasteiger partial charge in [0, 0.05) is 22.9 Å². The highest BCUT2D eigenvalue weighted by atomic mass is 16.5. The Morgan fingerprint density at radius 3 is 1.90 bits per heavy atom. The van der Waals surface area contributed by atoms with Crippen molar-refractivity contribution in [3.05, 3.63) is 90.0 Å². The van der Waals surface area contributed by atoms with Gasteiger partial charge in [0.05, 0.1) is 14.2 Å². The zero-order valence-corrected chi connectivity index (χ0v) is 17.0. The molecule has 0 radical (unpaired) electrons. The molecule has 0 saturated heterocycles. The molecule has 29 heavy (non-hydrogen) atoms. The zero-order valence-electron chi connectivity index (χ0n) is 17.0. The number of carbonyl (C=O) groups excluding carboxylic acids is 1. The number of amides is 1. The zero-order chi connectivity index (χ0) is 20.6. The average Bonchev–Trinajstić information content (AvgIpc) is 2.78. The van der Waals surface area contributed by atoms with E-state index in [1.165, 1.54) is 0 Å². The monoisotopic (exact) mass is 391 g/mol. The summed E-state index contributed by atoms with van der Waals surface area (Å²) in [6, 6.07) is 25.5. The molecule has 1 atom stereocenters. The number of hydrogen-bond donors (Lipinski definition) is 2. The molecule has 3 N–H and O–H groups in total. The number of quaternary nitrogens is 1. The maximum Gasteiger partial charge on any atom is 0.282 e. The van der Waals surface area contributed by atoms with Gasteiger partial charge in [0.25, 0.3) is 5.91 Å². The first-order valence-corrected chi connectivity index (χ1v) is 9.60. The Hall–Kier alpha value is -3.31. The van der Waals surface area contributed by atoms with Crippen molar-refractivity contribution in [2.45, 2.75) is 19.0 Å². The van der Waals surface area contributed by atoms with Crippen molar-refractivity contribution >= 4 is 11.6 Å². The molecule has 1 amide bonds. The summed E-state index contributed by atoms with van der Waals surface area (Å²) in [5.74, 6) is 1.13. The first-order valence-electron chi connectivity index (χ1n) is 9.60. The quantitative estimate of drug-likeness (QED) is 0.619. The van der Waals surface area contributed by atoms with E-state index in [0.717, 1.165) is 11.1 Å². The van der Waals surface area contributed by atoms with E-state index in [2.05, 4.69) is 34.9 Å². The maximum absolute atomic E-state index is 12.9. The van der Waals surface area contributed by atoms with Crippen LogP contribution in [0.25, 0.3) is 0 Å². The van der Waals surface area contributed by atoms with E-state index < -0.39 is 0 Å². The molecule has 5 nitrogen and oxygen atoms in total. The molecule has 0 saturated carbocycles. The lowest BCUT2D eigenvalue weighted by Gasteiger charge is -2.21. The van der Waals surface area contributed by atoms with Crippen LogP contribution in [0.15, 0.2) is 78.9 Å². The van der Waals surface area contributed by atoms with Crippen LogP contribution in [-0.2, 0) is 4.79 Å². The van der Waals surface area contributed by atoms with Gasteiger partial charge in [-0.1, -0.05) is 60.7 Å². The van der Waals surface area contributed by atoms with Crippen LogP contribution >= 0.6 is 0 Å². The minimum atomic E-state index is -0.298. The normalized spacial score (nSPS) is 11.7. The molecule has 0 bridgehead atoms. The summed E-state index contributed by atoms with van der Waals surface area (Å²) in [6.45, 7) is 1.91. The van der Waals surface area contributed by atoms with Crippen LogP contribution in [0, 0.1) is 0 Å². The van der Waals surface area contributed by atoms with Gasteiger partial charge in [-0.05, 0) is 19.1 Å². The fourth-order valence-electron chi connectivity index (χ4n) is 3.28. The van der Waals surface area contributed by atoms with Gasteiger partial charge < -0.3 is 20.1 Å². The number of hydrogen-bond acceptors (Lipinski definition) is 3. The Bertz CT molecular complexity index is 890. The highest BCUT2D eigenvalue weighted by Crippen LogP contribution is 2.29. The van der Waals surface area contributed by atoms with Gasteiger partial charge in [-0.3, -0.25) is 4.79 Å². The summed E-state index contributed by atoms with van der Waals surface area (Å²) in [5.41, 5.74) is 2.98. The van der Waals surface area contributed by atoms with Crippen LogP contribution < -0.4 is 20.1 Å². The second-order valence-corrected chi connectivity index (χ2v) is 6.84. The van der Waals surface area contributed by atoms with Gasteiger partial charge in [0.1, 0.15) is 6.04 Å². The Morgan fingerprint density at radius 2 is 1.38 bits per heavy atom. The van der Waals surface area contributed by atoms with E-state index in [4.69, 9.17) is 9.47 Å². The van der Waals surface area contributed by atoms with Crippen molar-refractivity contribution < 1.29 is 19.6 Å². The van der Waals surface area contributed by atoms with Crippen LogP contribution in [0.5, 0.6) is 11.5 Å². The number of ether oxygens (including phenoxy) is 2. The first-order chi connectivity index (χ1) is 14.1. The van der Waals surface area contributed by atoms with Crippen LogP contribution in [0.3, 0.4) is 0 Å².